The predicted octanol–water partition coefficient (Wildman–Crippen LogP) is 5.26. The van der Waals surface area contributed by atoms with Crippen LogP contribution in [0.4, 0.5) is 5.69 Å². The first-order chi connectivity index (χ1) is 16.7. The third-order valence-corrected chi connectivity index (χ3v) is 7.08. The van der Waals surface area contributed by atoms with E-state index in [1.807, 2.05) is 39.8 Å². The smallest absolute Gasteiger partial charge is 0.243 e. The van der Waals surface area contributed by atoms with Crippen molar-refractivity contribution in [1.82, 2.24) is 10.2 Å². The predicted molar refractivity (Wildman–Crippen MR) is 147 cm³/mol. The van der Waals surface area contributed by atoms with Crippen LogP contribution in [0.25, 0.3) is 0 Å². The highest BCUT2D eigenvalue weighted by Gasteiger charge is 2.30. The molecule has 7 nitrogen and oxygen atoms in total. The number of anilines is 1. The van der Waals surface area contributed by atoms with Crippen molar-refractivity contribution >= 4 is 50.7 Å². The van der Waals surface area contributed by atoms with Crippen molar-refractivity contribution in [2.24, 2.45) is 0 Å². The van der Waals surface area contributed by atoms with Crippen molar-refractivity contribution in [3.63, 3.8) is 0 Å². The highest BCUT2D eigenvalue weighted by molar-refractivity contribution is 7.92. The SMILES string of the molecule is CC[C@@H](C(=O)NC(C)(C)C)N(Cc1ccc(Cl)cc1)C(=O)CCCN(c1cccc(Cl)c1)S(C)(=O)=O. The number of carbonyl (C=O) groups excluding carboxylic acids is 2. The van der Waals surface area contributed by atoms with E-state index in [2.05, 4.69) is 5.32 Å². The molecule has 2 amide bonds. The molecule has 0 saturated heterocycles. The van der Waals surface area contributed by atoms with Crippen LogP contribution in [0.1, 0.15) is 52.5 Å². The Balaban J connectivity index is 2.23. The van der Waals surface area contributed by atoms with Crippen LogP contribution in [0, 0.1) is 0 Å². The largest absolute Gasteiger partial charge is 0.350 e. The number of hydrogen-bond donors (Lipinski definition) is 1. The molecule has 36 heavy (non-hydrogen) atoms. The zero-order valence-electron chi connectivity index (χ0n) is 21.4. The lowest BCUT2D eigenvalue weighted by molar-refractivity contribution is -0.142. The molecule has 0 radical (unpaired) electrons. The summed E-state index contributed by atoms with van der Waals surface area (Å²) in [5.74, 6) is -0.468. The van der Waals surface area contributed by atoms with Gasteiger partial charge in [0.05, 0.1) is 11.9 Å². The third-order valence-electron chi connectivity index (χ3n) is 5.40. The van der Waals surface area contributed by atoms with Gasteiger partial charge in [-0.3, -0.25) is 13.9 Å². The lowest BCUT2D eigenvalue weighted by atomic mass is 10.0. The molecule has 0 heterocycles. The number of nitrogens with zero attached hydrogens (tertiary/aromatic N) is 2. The molecule has 0 saturated carbocycles. The first-order valence-electron chi connectivity index (χ1n) is 11.8. The average Bonchev–Trinajstić information content (AvgIpc) is 2.75. The Bertz CT molecular complexity index is 1150. The van der Waals surface area contributed by atoms with Gasteiger partial charge in [0.2, 0.25) is 21.8 Å². The first-order valence-corrected chi connectivity index (χ1v) is 14.4. The van der Waals surface area contributed by atoms with Gasteiger partial charge in [-0.2, -0.15) is 0 Å². The average molecular weight is 557 g/mol. The van der Waals surface area contributed by atoms with Crippen LogP contribution in [-0.4, -0.2) is 49.5 Å². The van der Waals surface area contributed by atoms with Crippen LogP contribution >= 0.6 is 23.2 Å². The van der Waals surface area contributed by atoms with Crippen molar-refractivity contribution < 1.29 is 18.0 Å². The van der Waals surface area contributed by atoms with E-state index in [9.17, 15) is 18.0 Å². The highest BCUT2D eigenvalue weighted by atomic mass is 35.5. The van der Waals surface area contributed by atoms with Gasteiger partial charge in [0, 0.05) is 35.1 Å². The lowest BCUT2D eigenvalue weighted by Crippen LogP contribution is -2.53. The van der Waals surface area contributed by atoms with Crippen molar-refractivity contribution in [1.29, 1.82) is 0 Å². The Kier molecular flexibility index (Phi) is 10.6. The summed E-state index contributed by atoms with van der Waals surface area (Å²) >= 11 is 12.1. The number of benzene rings is 2. The Hall–Kier alpha value is -2.29. The summed E-state index contributed by atoms with van der Waals surface area (Å²) in [6.07, 6.45) is 1.89. The summed E-state index contributed by atoms with van der Waals surface area (Å²) < 4.78 is 26.1. The molecule has 2 aromatic carbocycles. The normalized spacial score (nSPS) is 12.6. The minimum atomic E-state index is -3.59. The van der Waals surface area contributed by atoms with Gasteiger partial charge < -0.3 is 10.2 Å². The Morgan fingerprint density at radius 1 is 1.03 bits per heavy atom. The summed E-state index contributed by atoms with van der Waals surface area (Å²) in [4.78, 5) is 28.1. The fraction of sp³-hybridized carbons (Fsp3) is 0.462. The molecular formula is C26H35Cl2N3O4S. The molecule has 2 aromatic rings. The zero-order valence-corrected chi connectivity index (χ0v) is 23.8. The molecule has 0 bridgehead atoms. The Morgan fingerprint density at radius 2 is 1.67 bits per heavy atom. The molecule has 0 aliphatic heterocycles. The number of sulfonamides is 1. The van der Waals surface area contributed by atoms with Crippen LogP contribution in [0.15, 0.2) is 48.5 Å². The molecule has 0 aliphatic carbocycles. The van der Waals surface area contributed by atoms with E-state index in [-0.39, 0.29) is 37.7 Å². The highest BCUT2D eigenvalue weighted by Crippen LogP contribution is 2.23. The molecule has 1 N–H and O–H groups in total. The number of hydrogen-bond acceptors (Lipinski definition) is 4. The van der Waals surface area contributed by atoms with E-state index in [0.717, 1.165) is 11.8 Å². The minimum Gasteiger partial charge on any atom is -0.350 e. The number of nitrogens with one attached hydrogen (secondary N) is 1. The van der Waals surface area contributed by atoms with Crippen LogP contribution in [0.2, 0.25) is 10.0 Å². The standard InChI is InChI=1S/C26H35Cl2N3O4S/c1-6-23(25(33)29-26(2,3)4)30(18-19-12-14-20(27)15-13-19)24(32)11-8-16-31(36(5,34)35)22-10-7-9-21(28)17-22/h7,9-10,12-15,17,23H,6,8,11,16,18H2,1-5H3,(H,29,33)/t23-/m0/s1. The van der Waals surface area contributed by atoms with Crippen molar-refractivity contribution in [3.05, 3.63) is 64.1 Å². The van der Waals surface area contributed by atoms with Gasteiger partial charge in [-0.05, 0) is 69.5 Å². The van der Waals surface area contributed by atoms with Gasteiger partial charge in [-0.15, -0.1) is 0 Å². The molecule has 1 atom stereocenters. The first kappa shape index (κ1) is 29.9. The Morgan fingerprint density at radius 3 is 2.19 bits per heavy atom. The van der Waals surface area contributed by atoms with Crippen molar-refractivity contribution in [2.45, 2.75) is 65.1 Å². The van der Waals surface area contributed by atoms with E-state index in [4.69, 9.17) is 23.2 Å². The fourth-order valence-electron chi connectivity index (χ4n) is 3.79. The van der Waals surface area contributed by atoms with Gasteiger partial charge in [-0.25, -0.2) is 8.42 Å². The van der Waals surface area contributed by atoms with E-state index in [0.29, 0.717) is 22.2 Å². The molecule has 198 valence electrons. The second kappa shape index (κ2) is 12.8. The van der Waals surface area contributed by atoms with E-state index < -0.39 is 21.6 Å². The van der Waals surface area contributed by atoms with Crippen LogP contribution in [0.5, 0.6) is 0 Å². The topological polar surface area (TPSA) is 86.8 Å². The van der Waals surface area contributed by atoms with Crippen LogP contribution in [-0.2, 0) is 26.2 Å². The third kappa shape index (κ3) is 9.30. The summed E-state index contributed by atoms with van der Waals surface area (Å²) in [5.41, 5.74) is 0.824. The Labute approximate surface area is 224 Å². The van der Waals surface area contributed by atoms with Crippen molar-refractivity contribution in [3.8, 4) is 0 Å². The number of rotatable bonds is 11. The minimum absolute atomic E-state index is 0.0689. The van der Waals surface area contributed by atoms with Gasteiger partial charge in [-0.1, -0.05) is 48.3 Å². The molecule has 0 aliphatic rings. The number of halogens is 2. The fourth-order valence-corrected chi connectivity index (χ4v) is 5.06. The summed E-state index contributed by atoms with van der Waals surface area (Å²) in [7, 11) is -3.59. The van der Waals surface area contributed by atoms with Gasteiger partial charge in [0.1, 0.15) is 6.04 Å². The summed E-state index contributed by atoms with van der Waals surface area (Å²) in [5, 5.41) is 3.97. The molecule has 0 unspecified atom stereocenters. The molecule has 0 aromatic heterocycles. The van der Waals surface area contributed by atoms with E-state index in [1.54, 1.807) is 41.3 Å². The molecule has 0 spiro atoms. The molecule has 0 fully saturated rings. The molecular weight excluding hydrogens is 521 g/mol. The maximum absolute atomic E-state index is 13.4. The zero-order chi connectivity index (χ0) is 27.1. The number of amides is 2. The van der Waals surface area contributed by atoms with Crippen LogP contribution < -0.4 is 9.62 Å². The van der Waals surface area contributed by atoms with E-state index >= 15 is 0 Å². The second-order valence-corrected chi connectivity index (χ2v) is 12.5. The van der Waals surface area contributed by atoms with E-state index in [1.165, 1.54) is 4.31 Å². The monoisotopic (exact) mass is 555 g/mol. The molecule has 2 rings (SSSR count). The number of carbonyl (C=O) groups is 2. The van der Waals surface area contributed by atoms with Gasteiger partial charge in [0.15, 0.2) is 0 Å². The molecule has 10 heteroatoms. The maximum atomic E-state index is 13.4. The van der Waals surface area contributed by atoms with Gasteiger partial charge in [0.25, 0.3) is 0 Å². The summed E-state index contributed by atoms with van der Waals surface area (Å²) in [6, 6.07) is 13.0. The lowest BCUT2D eigenvalue weighted by Gasteiger charge is -2.33. The second-order valence-electron chi connectivity index (χ2n) is 9.73. The van der Waals surface area contributed by atoms with Gasteiger partial charge >= 0.3 is 0 Å². The summed E-state index contributed by atoms with van der Waals surface area (Å²) in [6.45, 7) is 7.86. The maximum Gasteiger partial charge on any atom is 0.243 e. The quantitative estimate of drug-likeness (QED) is 0.409. The van der Waals surface area contributed by atoms with Crippen molar-refractivity contribution in [2.75, 3.05) is 17.1 Å². The van der Waals surface area contributed by atoms with Crippen LogP contribution in [0.3, 0.4) is 0 Å².